The first-order chi connectivity index (χ1) is 12.9. The van der Waals surface area contributed by atoms with E-state index in [0.717, 1.165) is 38.1 Å². The molecule has 4 N–H and O–H groups in total. The van der Waals surface area contributed by atoms with Gasteiger partial charge in [-0.15, -0.1) is 0 Å². The number of unbranched alkanes of at least 4 members (excludes halogenated alkanes) is 1. The van der Waals surface area contributed by atoms with Crippen molar-refractivity contribution in [3.05, 3.63) is 0 Å². The molecule has 154 valence electrons. The van der Waals surface area contributed by atoms with Crippen molar-refractivity contribution in [2.45, 2.75) is 81.3 Å². The largest absolute Gasteiger partial charge is 0.388 e. The van der Waals surface area contributed by atoms with Crippen LogP contribution < -0.4 is 16.0 Å². The average molecular weight is 399 g/mol. The van der Waals surface area contributed by atoms with Crippen LogP contribution in [0.5, 0.6) is 0 Å². The average Bonchev–Trinajstić information content (AvgIpc) is 3.17. The van der Waals surface area contributed by atoms with Gasteiger partial charge in [-0.05, 0) is 39.5 Å². The number of fused-ring (bicyclic) bond motifs is 1. The molecule has 0 saturated carbocycles. The quantitative estimate of drug-likeness (QED) is 0.362. The fraction of sp³-hybridized carbons (Fsp3) is 0.895. The van der Waals surface area contributed by atoms with E-state index in [0.29, 0.717) is 37.1 Å². The number of carbonyl (C=O) groups excluding carboxylic acids is 2. The maximum atomic E-state index is 12.1. The molecule has 3 amide bonds. The van der Waals surface area contributed by atoms with E-state index in [2.05, 4.69) is 34.7 Å². The molecule has 27 heavy (non-hydrogen) atoms. The number of aliphatic hydroxyl groups is 1. The van der Waals surface area contributed by atoms with Gasteiger partial charge in [0.05, 0.1) is 17.7 Å². The minimum absolute atomic E-state index is 0.0301. The second-order valence-corrected chi connectivity index (χ2v) is 9.77. The van der Waals surface area contributed by atoms with Crippen LogP contribution in [0.2, 0.25) is 0 Å². The molecule has 3 aliphatic heterocycles. The summed E-state index contributed by atoms with van der Waals surface area (Å²) in [4.78, 5) is 25.9. The third-order valence-electron chi connectivity index (χ3n) is 6.15. The van der Waals surface area contributed by atoms with Crippen LogP contribution in [0, 0.1) is 0 Å². The third-order valence-corrected chi connectivity index (χ3v) is 7.66. The van der Waals surface area contributed by atoms with Gasteiger partial charge in [0.25, 0.3) is 0 Å². The van der Waals surface area contributed by atoms with E-state index >= 15 is 0 Å². The highest BCUT2D eigenvalue weighted by Gasteiger charge is 2.42. The second kappa shape index (κ2) is 9.01. The number of urea groups is 1. The van der Waals surface area contributed by atoms with E-state index in [4.69, 9.17) is 0 Å². The van der Waals surface area contributed by atoms with Gasteiger partial charge in [0, 0.05) is 43.1 Å². The maximum absolute atomic E-state index is 12.1. The molecule has 3 heterocycles. The molecule has 3 aliphatic rings. The molecule has 3 rings (SSSR count). The molecule has 0 aromatic heterocycles. The molecule has 3 fully saturated rings. The number of carbonyl (C=O) groups is 2. The molecular formula is C19H34N4O3S. The van der Waals surface area contributed by atoms with E-state index in [9.17, 15) is 14.7 Å². The minimum Gasteiger partial charge on any atom is -0.388 e. The van der Waals surface area contributed by atoms with Crippen molar-refractivity contribution in [2.24, 2.45) is 0 Å². The van der Waals surface area contributed by atoms with Gasteiger partial charge in [0.15, 0.2) is 0 Å². The molecule has 0 aromatic carbocycles. The summed E-state index contributed by atoms with van der Waals surface area (Å²) in [6.07, 6.45) is 4.79. The van der Waals surface area contributed by atoms with Gasteiger partial charge >= 0.3 is 6.03 Å². The van der Waals surface area contributed by atoms with Gasteiger partial charge in [0.1, 0.15) is 0 Å². The van der Waals surface area contributed by atoms with Crippen LogP contribution in [0.4, 0.5) is 4.79 Å². The Morgan fingerprint density at radius 1 is 1.33 bits per heavy atom. The molecule has 0 aliphatic carbocycles. The number of amides is 3. The van der Waals surface area contributed by atoms with Crippen LogP contribution in [0.15, 0.2) is 0 Å². The number of piperidine rings is 1. The fourth-order valence-electron chi connectivity index (χ4n) is 4.26. The van der Waals surface area contributed by atoms with E-state index in [1.54, 1.807) is 0 Å². The summed E-state index contributed by atoms with van der Waals surface area (Å²) < 4.78 is 0. The van der Waals surface area contributed by atoms with E-state index in [-0.39, 0.29) is 24.0 Å². The van der Waals surface area contributed by atoms with Crippen LogP contribution in [0.1, 0.15) is 52.4 Å². The molecule has 3 saturated heterocycles. The molecule has 7 nitrogen and oxygen atoms in total. The first-order valence-corrected chi connectivity index (χ1v) is 11.3. The van der Waals surface area contributed by atoms with Crippen molar-refractivity contribution >= 4 is 23.7 Å². The first kappa shape index (κ1) is 20.7. The standard InChI is InChI=1S/C19H34N4O3S/c1-13(2)23-9-7-19(26,8-10-23)12-20-16(24)6-4-3-5-15-17-14(11-27-15)21-18(25)22-17/h13-15,17,26H,3-12H2,1-2H3,(H,20,24)(H2,21,22,25)/t14-,15-,17-/m0/s1. The van der Waals surface area contributed by atoms with Crippen molar-refractivity contribution in [1.29, 1.82) is 0 Å². The number of nitrogens with zero attached hydrogens (tertiary/aromatic N) is 1. The van der Waals surface area contributed by atoms with E-state index in [1.807, 2.05) is 11.8 Å². The van der Waals surface area contributed by atoms with Crippen molar-refractivity contribution in [2.75, 3.05) is 25.4 Å². The van der Waals surface area contributed by atoms with E-state index < -0.39 is 5.60 Å². The molecular weight excluding hydrogens is 364 g/mol. The van der Waals surface area contributed by atoms with Gasteiger partial charge in [-0.1, -0.05) is 6.42 Å². The molecule has 0 aromatic rings. The Morgan fingerprint density at radius 2 is 2.07 bits per heavy atom. The lowest BCUT2D eigenvalue weighted by molar-refractivity contribution is -0.123. The fourth-order valence-corrected chi connectivity index (χ4v) is 5.80. The van der Waals surface area contributed by atoms with Gasteiger partial charge in [-0.2, -0.15) is 11.8 Å². The normalized spacial score (nSPS) is 30.1. The Bertz CT molecular complexity index is 537. The zero-order valence-electron chi connectivity index (χ0n) is 16.5. The Labute approximate surface area is 166 Å². The number of hydrogen-bond donors (Lipinski definition) is 4. The summed E-state index contributed by atoms with van der Waals surface area (Å²) in [5.41, 5.74) is -0.760. The summed E-state index contributed by atoms with van der Waals surface area (Å²) in [5, 5.41) is 20.0. The number of hydrogen-bond acceptors (Lipinski definition) is 5. The number of likely N-dealkylation sites (tertiary alicyclic amines) is 1. The lowest BCUT2D eigenvalue weighted by Crippen LogP contribution is -2.52. The summed E-state index contributed by atoms with van der Waals surface area (Å²) in [6, 6.07) is 0.957. The van der Waals surface area contributed by atoms with Gasteiger partial charge in [-0.3, -0.25) is 4.79 Å². The number of rotatable bonds is 8. The minimum atomic E-state index is -0.760. The molecule has 0 bridgehead atoms. The van der Waals surface area contributed by atoms with Crippen LogP contribution in [0.25, 0.3) is 0 Å². The third kappa shape index (κ3) is 5.51. The highest BCUT2D eigenvalue weighted by molar-refractivity contribution is 8.00. The van der Waals surface area contributed by atoms with Gasteiger partial charge < -0.3 is 26.0 Å². The number of thioether (sulfide) groups is 1. The van der Waals surface area contributed by atoms with Crippen LogP contribution in [0.3, 0.4) is 0 Å². The van der Waals surface area contributed by atoms with Crippen molar-refractivity contribution in [3.63, 3.8) is 0 Å². The topological polar surface area (TPSA) is 93.7 Å². The van der Waals surface area contributed by atoms with Gasteiger partial charge in [0.2, 0.25) is 5.91 Å². The molecule has 0 spiro atoms. The van der Waals surface area contributed by atoms with Crippen LogP contribution >= 0.6 is 11.8 Å². The SMILES string of the molecule is CC(C)N1CCC(O)(CNC(=O)CCCC[C@@H]2SC[C@@H]3NC(=O)N[C@@H]32)CC1. The van der Waals surface area contributed by atoms with Crippen molar-refractivity contribution < 1.29 is 14.7 Å². The van der Waals surface area contributed by atoms with Crippen LogP contribution in [-0.4, -0.2) is 76.3 Å². The van der Waals surface area contributed by atoms with E-state index in [1.165, 1.54) is 0 Å². The lowest BCUT2D eigenvalue weighted by Gasteiger charge is -2.40. The highest BCUT2D eigenvalue weighted by atomic mass is 32.2. The second-order valence-electron chi connectivity index (χ2n) is 8.50. The van der Waals surface area contributed by atoms with Gasteiger partial charge in [-0.25, -0.2) is 4.79 Å². The predicted molar refractivity (Wildman–Crippen MR) is 108 cm³/mol. The maximum Gasteiger partial charge on any atom is 0.315 e. The van der Waals surface area contributed by atoms with Crippen LogP contribution in [-0.2, 0) is 4.79 Å². The van der Waals surface area contributed by atoms with Crippen molar-refractivity contribution in [3.8, 4) is 0 Å². The molecule has 3 atom stereocenters. The first-order valence-electron chi connectivity index (χ1n) is 10.3. The Hall–Kier alpha value is -0.990. The molecule has 0 unspecified atom stereocenters. The monoisotopic (exact) mass is 398 g/mol. The predicted octanol–water partition coefficient (Wildman–Crippen LogP) is 1.06. The Morgan fingerprint density at radius 3 is 2.78 bits per heavy atom. The summed E-state index contributed by atoms with van der Waals surface area (Å²) in [6.45, 7) is 6.48. The Balaban J connectivity index is 1.27. The summed E-state index contributed by atoms with van der Waals surface area (Å²) in [7, 11) is 0. The zero-order chi connectivity index (χ0) is 19.4. The smallest absolute Gasteiger partial charge is 0.315 e. The zero-order valence-corrected chi connectivity index (χ0v) is 17.3. The highest BCUT2D eigenvalue weighted by Crippen LogP contribution is 2.33. The molecule has 8 heteroatoms. The van der Waals surface area contributed by atoms with Crippen molar-refractivity contribution in [1.82, 2.24) is 20.9 Å². The summed E-state index contributed by atoms with van der Waals surface area (Å²) >= 11 is 1.91. The Kier molecular flexibility index (Phi) is 6.92. The number of nitrogens with one attached hydrogen (secondary N) is 3. The summed E-state index contributed by atoms with van der Waals surface area (Å²) in [5.74, 6) is 1.00. The lowest BCUT2D eigenvalue weighted by atomic mass is 9.90. The molecule has 0 radical (unpaired) electrons.